The molecule has 20 heavy (non-hydrogen) atoms. The van der Waals surface area contributed by atoms with Crippen molar-refractivity contribution in [1.82, 2.24) is 9.78 Å². The van der Waals surface area contributed by atoms with Gasteiger partial charge in [-0.3, -0.25) is 4.68 Å². The van der Waals surface area contributed by atoms with Gasteiger partial charge < -0.3 is 9.52 Å². The third kappa shape index (κ3) is 2.83. The van der Waals surface area contributed by atoms with E-state index in [0.717, 1.165) is 45.9 Å². The predicted octanol–water partition coefficient (Wildman–Crippen LogP) is 3.71. The quantitative estimate of drug-likeness (QED) is 0.902. The van der Waals surface area contributed by atoms with Gasteiger partial charge in [-0.1, -0.05) is 6.92 Å². The van der Waals surface area contributed by atoms with Crippen molar-refractivity contribution < 1.29 is 9.52 Å². The van der Waals surface area contributed by atoms with Crippen LogP contribution in [-0.2, 0) is 19.4 Å². The van der Waals surface area contributed by atoms with Crippen molar-refractivity contribution in [1.29, 1.82) is 0 Å². The van der Waals surface area contributed by atoms with Crippen LogP contribution in [0, 0.1) is 13.8 Å². The van der Waals surface area contributed by atoms with Gasteiger partial charge >= 0.3 is 0 Å². The number of furan rings is 1. The number of nitrogens with zero attached hydrogens (tertiary/aromatic N) is 2. The van der Waals surface area contributed by atoms with E-state index in [0.29, 0.717) is 6.42 Å². The van der Waals surface area contributed by atoms with E-state index in [2.05, 4.69) is 34.9 Å². The molecule has 2 aromatic rings. The van der Waals surface area contributed by atoms with Crippen LogP contribution in [0.5, 0.6) is 0 Å². The smallest absolute Gasteiger partial charge is 0.106 e. The van der Waals surface area contributed by atoms with Gasteiger partial charge in [0.05, 0.1) is 22.0 Å². The van der Waals surface area contributed by atoms with Crippen LogP contribution in [0.2, 0.25) is 0 Å². The van der Waals surface area contributed by atoms with E-state index in [4.69, 9.17) is 4.42 Å². The van der Waals surface area contributed by atoms with Crippen LogP contribution in [0.1, 0.15) is 48.4 Å². The summed E-state index contributed by atoms with van der Waals surface area (Å²) < 4.78 is 8.46. The molecule has 4 nitrogen and oxygen atoms in total. The van der Waals surface area contributed by atoms with E-state index < -0.39 is 6.10 Å². The number of aryl methyl sites for hydroxylation is 4. The molecule has 0 aliphatic heterocycles. The molecular formula is C15H21BrN2O2. The molecule has 5 heteroatoms. The second-order valence-electron chi connectivity index (χ2n) is 4.97. The molecular weight excluding hydrogens is 320 g/mol. The maximum atomic E-state index is 10.5. The number of hydrogen-bond acceptors (Lipinski definition) is 3. The lowest BCUT2D eigenvalue weighted by atomic mass is 10.0. The summed E-state index contributed by atoms with van der Waals surface area (Å²) in [6.45, 7) is 8.71. The second kappa shape index (κ2) is 6.14. The molecule has 0 amide bonds. The van der Waals surface area contributed by atoms with Crippen molar-refractivity contribution in [2.75, 3.05) is 0 Å². The van der Waals surface area contributed by atoms with Crippen LogP contribution >= 0.6 is 15.9 Å². The van der Waals surface area contributed by atoms with Crippen molar-refractivity contribution in [3.63, 3.8) is 0 Å². The van der Waals surface area contributed by atoms with Crippen LogP contribution in [0.25, 0.3) is 0 Å². The lowest BCUT2D eigenvalue weighted by Crippen LogP contribution is -2.09. The van der Waals surface area contributed by atoms with E-state index in [1.54, 1.807) is 0 Å². The predicted molar refractivity (Wildman–Crippen MR) is 81.8 cm³/mol. The van der Waals surface area contributed by atoms with Crippen molar-refractivity contribution in [3.8, 4) is 0 Å². The van der Waals surface area contributed by atoms with E-state index >= 15 is 0 Å². The number of aromatic nitrogens is 2. The lowest BCUT2D eigenvalue weighted by Gasteiger charge is -2.11. The van der Waals surface area contributed by atoms with E-state index in [-0.39, 0.29) is 0 Å². The minimum Gasteiger partial charge on any atom is -0.466 e. The number of aliphatic hydroxyl groups is 1. The standard InChI is InChI=1S/C15H21BrN2O2/c1-5-12-15(16)13(18(6-2)17-12)8-14(19)11-7-9(3)20-10(11)4/h7,14,19H,5-6,8H2,1-4H3. The third-order valence-corrected chi connectivity index (χ3v) is 4.43. The van der Waals surface area contributed by atoms with Gasteiger partial charge in [0.25, 0.3) is 0 Å². The van der Waals surface area contributed by atoms with Crippen LogP contribution in [-0.4, -0.2) is 14.9 Å². The topological polar surface area (TPSA) is 51.2 Å². The van der Waals surface area contributed by atoms with Gasteiger partial charge in [0.2, 0.25) is 0 Å². The van der Waals surface area contributed by atoms with Gasteiger partial charge in [-0.25, -0.2) is 0 Å². The normalized spacial score (nSPS) is 12.9. The minimum absolute atomic E-state index is 0.529. The fourth-order valence-electron chi connectivity index (χ4n) is 2.49. The average Bonchev–Trinajstić information content (AvgIpc) is 2.90. The number of rotatable bonds is 5. The van der Waals surface area contributed by atoms with Gasteiger partial charge in [0.1, 0.15) is 11.5 Å². The largest absolute Gasteiger partial charge is 0.466 e. The molecule has 2 rings (SSSR count). The number of halogens is 1. The Bertz CT molecular complexity index is 601. The SMILES string of the molecule is CCc1nn(CC)c(CC(O)c2cc(C)oc2C)c1Br. The Morgan fingerprint density at radius 3 is 2.60 bits per heavy atom. The van der Waals surface area contributed by atoms with Crippen molar-refractivity contribution in [3.05, 3.63) is 39.0 Å². The molecule has 110 valence electrons. The summed E-state index contributed by atoms with van der Waals surface area (Å²) in [5.74, 6) is 1.61. The van der Waals surface area contributed by atoms with Gasteiger partial charge in [0.15, 0.2) is 0 Å². The monoisotopic (exact) mass is 340 g/mol. The molecule has 2 heterocycles. The first-order chi connectivity index (χ1) is 9.47. The summed E-state index contributed by atoms with van der Waals surface area (Å²) in [4.78, 5) is 0. The molecule has 1 N–H and O–H groups in total. The van der Waals surface area contributed by atoms with Crippen molar-refractivity contribution in [2.45, 2.75) is 53.2 Å². The fraction of sp³-hybridized carbons (Fsp3) is 0.533. The zero-order valence-corrected chi connectivity index (χ0v) is 14.0. The van der Waals surface area contributed by atoms with Gasteiger partial charge in [0, 0.05) is 18.5 Å². The van der Waals surface area contributed by atoms with Crippen LogP contribution in [0.4, 0.5) is 0 Å². The Labute approximate surface area is 127 Å². The highest BCUT2D eigenvalue weighted by molar-refractivity contribution is 9.10. The Morgan fingerprint density at radius 1 is 1.40 bits per heavy atom. The first-order valence-electron chi connectivity index (χ1n) is 6.96. The number of aliphatic hydroxyl groups excluding tert-OH is 1. The lowest BCUT2D eigenvalue weighted by molar-refractivity contribution is 0.173. The highest BCUT2D eigenvalue weighted by atomic mass is 79.9. The summed E-state index contributed by atoms with van der Waals surface area (Å²) in [7, 11) is 0. The highest BCUT2D eigenvalue weighted by Crippen LogP contribution is 2.29. The Morgan fingerprint density at radius 2 is 2.10 bits per heavy atom. The molecule has 0 bridgehead atoms. The molecule has 0 aliphatic rings. The summed E-state index contributed by atoms with van der Waals surface area (Å²) in [6, 6.07) is 1.90. The molecule has 0 radical (unpaired) electrons. The molecule has 0 spiro atoms. The van der Waals surface area contributed by atoms with Crippen molar-refractivity contribution >= 4 is 15.9 Å². The van der Waals surface area contributed by atoms with E-state index in [1.807, 2.05) is 24.6 Å². The van der Waals surface area contributed by atoms with Crippen LogP contribution < -0.4 is 0 Å². The average molecular weight is 341 g/mol. The fourth-order valence-corrected chi connectivity index (χ4v) is 3.21. The third-order valence-electron chi connectivity index (χ3n) is 3.52. The van der Waals surface area contributed by atoms with E-state index in [1.165, 1.54) is 0 Å². The Balaban J connectivity index is 2.29. The van der Waals surface area contributed by atoms with Crippen LogP contribution in [0.15, 0.2) is 15.0 Å². The van der Waals surface area contributed by atoms with E-state index in [9.17, 15) is 5.11 Å². The molecule has 1 atom stereocenters. The molecule has 1 unspecified atom stereocenters. The minimum atomic E-state index is -0.574. The highest BCUT2D eigenvalue weighted by Gasteiger charge is 2.21. The molecule has 0 aliphatic carbocycles. The molecule has 0 saturated heterocycles. The maximum Gasteiger partial charge on any atom is 0.106 e. The van der Waals surface area contributed by atoms with Gasteiger partial charge in [-0.05, 0) is 49.2 Å². The van der Waals surface area contributed by atoms with Crippen LogP contribution in [0.3, 0.4) is 0 Å². The zero-order valence-electron chi connectivity index (χ0n) is 12.4. The van der Waals surface area contributed by atoms with Crippen molar-refractivity contribution in [2.24, 2.45) is 0 Å². The summed E-state index contributed by atoms with van der Waals surface area (Å²) >= 11 is 3.61. The zero-order chi connectivity index (χ0) is 14.9. The maximum absolute atomic E-state index is 10.5. The summed E-state index contributed by atoms with van der Waals surface area (Å²) in [5, 5.41) is 15.0. The van der Waals surface area contributed by atoms with Gasteiger partial charge in [-0.15, -0.1) is 0 Å². The van der Waals surface area contributed by atoms with Gasteiger partial charge in [-0.2, -0.15) is 5.10 Å². The summed E-state index contributed by atoms with van der Waals surface area (Å²) in [6.07, 6.45) is 0.831. The second-order valence-corrected chi connectivity index (χ2v) is 5.76. The molecule has 0 saturated carbocycles. The first kappa shape index (κ1) is 15.3. The first-order valence-corrected chi connectivity index (χ1v) is 7.76. The Hall–Kier alpha value is -1.07. The molecule has 0 aromatic carbocycles. The molecule has 0 fully saturated rings. The summed E-state index contributed by atoms with van der Waals surface area (Å²) in [5.41, 5.74) is 2.93. The molecule has 2 aromatic heterocycles. The Kier molecular flexibility index (Phi) is 4.70. The number of hydrogen-bond donors (Lipinski definition) is 1.